The molecule has 0 saturated carbocycles. The smallest absolute Gasteiger partial charge is 0.145 e. The molecule has 8 aromatic rings. The highest BCUT2D eigenvalue weighted by atomic mass is 32.2. The first kappa shape index (κ1) is 27.3. The molecule has 4 heteroatoms. The molecule has 10 rings (SSSR count). The van der Waals surface area contributed by atoms with Crippen molar-refractivity contribution in [1.82, 2.24) is 9.55 Å². The number of hydrogen-bond donors (Lipinski definition) is 1. The maximum Gasteiger partial charge on any atom is 0.145 e. The summed E-state index contributed by atoms with van der Waals surface area (Å²) in [6.07, 6.45) is 0. The molecule has 2 heterocycles. The van der Waals surface area contributed by atoms with Crippen molar-refractivity contribution in [1.29, 1.82) is 0 Å². The summed E-state index contributed by atoms with van der Waals surface area (Å²) in [5.41, 5.74) is 21.3. The van der Waals surface area contributed by atoms with Gasteiger partial charge in [-0.15, -0.1) is 0 Å². The normalized spacial score (nSPS) is 13.6. The molecule has 0 radical (unpaired) electrons. The third kappa shape index (κ3) is 3.75. The van der Waals surface area contributed by atoms with Crippen molar-refractivity contribution in [2.75, 3.05) is 5.73 Å². The average Bonchev–Trinajstić information content (AvgIpc) is 3.66. The highest BCUT2D eigenvalue weighted by Crippen LogP contribution is 2.62. The van der Waals surface area contributed by atoms with Gasteiger partial charge in [-0.25, -0.2) is 4.98 Å². The molecule has 0 fully saturated rings. The van der Waals surface area contributed by atoms with Gasteiger partial charge in [0.15, 0.2) is 0 Å². The van der Waals surface area contributed by atoms with Gasteiger partial charge >= 0.3 is 0 Å². The number of imidazole rings is 1. The van der Waals surface area contributed by atoms with Gasteiger partial charge in [0.05, 0.1) is 16.4 Å². The summed E-state index contributed by atoms with van der Waals surface area (Å²) in [7, 11) is 0. The largest absolute Gasteiger partial charge is 0.398 e. The van der Waals surface area contributed by atoms with Gasteiger partial charge in [-0.2, -0.15) is 0 Å². The minimum Gasteiger partial charge on any atom is -0.398 e. The van der Waals surface area contributed by atoms with E-state index in [9.17, 15) is 0 Å². The van der Waals surface area contributed by atoms with E-state index >= 15 is 0 Å². The SMILES string of the molecule is Nc1cc2c(cc1-c1ccc(-c3nc4ccccc4n3-c3ccccc3)cc1)C1(c3ccccc3Sc3ccccc31)c1ccccc1-2. The van der Waals surface area contributed by atoms with E-state index in [-0.39, 0.29) is 0 Å². The molecule has 1 spiro atoms. The van der Waals surface area contributed by atoms with Crippen molar-refractivity contribution >= 4 is 28.5 Å². The third-order valence-corrected chi connectivity index (χ3v) is 11.2. The Hall–Kier alpha value is -5.84. The molecular formula is C44H29N3S. The van der Waals surface area contributed by atoms with Crippen molar-refractivity contribution in [3.63, 3.8) is 0 Å². The van der Waals surface area contributed by atoms with Gasteiger partial charge in [0.2, 0.25) is 0 Å². The Morgan fingerprint density at radius 1 is 0.500 bits per heavy atom. The summed E-state index contributed by atoms with van der Waals surface area (Å²) in [6, 6.07) is 58.7. The molecule has 3 nitrogen and oxygen atoms in total. The van der Waals surface area contributed by atoms with Crippen LogP contribution in [-0.4, -0.2) is 9.55 Å². The van der Waals surface area contributed by atoms with Crippen molar-refractivity contribution < 1.29 is 0 Å². The number of nitrogen functional groups attached to an aromatic ring is 1. The number of benzene rings is 7. The molecule has 0 unspecified atom stereocenters. The molecule has 2 aliphatic rings. The minimum atomic E-state index is -0.437. The van der Waals surface area contributed by atoms with E-state index < -0.39 is 5.41 Å². The number of nitrogens with two attached hydrogens (primary N) is 1. The first-order valence-corrected chi connectivity index (χ1v) is 17.1. The van der Waals surface area contributed by atoms with E-state index in [1.54, 1.807) is 0 Å². The maximum absolute atomic E-state index is 6.97. The van der Waals surface area contributed by atoms with Gasteiger partial charge < -0.3 is 5.73 Å². The van der Waals surface area contributed by atoms with Crippen LogP contribution in [0.2, 0.25) is 0 Å². The average molecular weight is 632 g/mol. The number of anilines is 1. The summed E-state index contributed by atoms with van der Waals surface area (Å²) in [5.74, 6) is 0.915. The van der Waals surface area contributed by atoms with Crippen LogP contribution in [-0.2, 0) is 5.41 Å². The standard InChI is InChI=1S/C44H29N3S/c45-38-27-33-31-14-4-5-15-34(31)44(35-16-6-10-20-41(35)48-42-21-11-7-17-36(42)44)37(33)26-32(38)28-22-24-29(25-23-28)43-46-39-18-8-9-19-40(39)47(43)30-12-2-1-3-13-30/h1-27H,45H2. The molecule has 0 saturated heterocycles. The Balaban J connectivity index is 1.17. The molecular weight excluding hydrogens is 603 g/mol. The second-order valence-corrected chi connectivity index (χ2v) is 13.6. The fourth-order valence-corrected chi connectivity index (χ4v) is 9.21. The highest BCUT2D eigenvalue weighted by molar-refractivity contribution is 7.99. The lowest BCUT2D eigenvalue weighted by molar-refractivity contribution is 0.722. The van der Waals surface area contributed by atoms with Crippen LogP contribution >= 0.6 is 11.8 Å². The summed E-state index contributed by atoms with van der Waals surface area (Å²) in [6.45, 7) is 0. The summed E-state index contributed by atoms with van der Waals surface area (Å²) in [4.78, 5) is 7.67. The fourth-order valence-electron chi connectivity index (χ4n) is 8.02. The van der Waals surface area contributed by atoms with Crippen LogP contribution in [0.1, 0.15) is 22.3 Å². The number of rotatable bonds is 3. The molecule has 0 atom stereocenters. The number of fused-ring (bicyclic) bond motifs is 10. The molecule has 226 valence electrons. The van der Waals surface area contributed by atoms with E-state index in [4.69, 9.17) is 10.7 Å². The summed E-state index contributed by atoms with van der Waals surface area (Å²) < 4.78 is 2.24. The molecule has 7 aromatic carbocycles. The first-order valence-electron chi connectivity index (χ1n) is 16.3. The fraction of sp³-hybridized carbons (Fsp3) is 0.0227. The zero-order valence-corrected chi connectivity index (χ0v) is 26.8. The minimum absolute atomic E-state index is 0.437. The van der Waals surface area contributed by atoms with Crippen LogP contribution < -0.4 is 5.73 Å². The van der Waals surface area contributed by atoms with E-state index in [1.165, 1.54) is 43.2 Å². The second-order valence-electron chi connectivity index (χ2n) is 12.5. The maximum atomic E-state index is 6.97. The van der Waals surface area contributed by atoms with Crippen LogP contribution in [0.5, 0.6) is 0 Å². The number of hydrogen-bond acceptors (Lipinski definition) is 3. The third-order valence-electron chi connectivity index (χ3n) is 10.0. The Morgan fingerprint density at radius 2 is 1.10 bits per heavy atom. The van der Waals surface area contributed by atoms with Crippen molar-refractivity contribution in [2.45, 2.75) is 15.2 Å². The van der Waals surface area contributed by atoms with Crippen LogP contribution in [0.4, 0.5) is 5.69 Å². The predicted molar refractivity (Wildman–Crippen MR) is 198 cm³/mol. The highest BCUT2D eigenvalue weighted by Gasteiger charge is 2.50. The van der Waals surface area contributed by atoms with Crippen molar-refractivity contribution in [2.24, 2.45) is 0 Å². The van der Waals surface area contributed by atoms with Crippen molar-refractivity contribution in [3.05, 3.63) is 186 Å². The van der Waals surface area contributed by atoms with E-state index in [0.29, 0.717) is 0 Å². The predicted octanol–water partition coefficient (Wildman–Crippen LogP) is 10.8. The Kier molecular flexibility index (Phi) is 5.87. The Morgan fingerprint density at radius 3 is 1.85 bits per heavy atom. The number of nitrogens with zero attached hydrogens (tertiary/aromatic N) is 2. The topological polar surface area (TPSA) is 43.8 Å². The van der Waals surface area contributed by atoms with Gasteiger partial charge in [0.25, 0.3) is 0 Å². The molecule has 48 heavy (non-hydrogen) atoms. The second kappa shape index (κ2) is 10.3. The van der Waals surface area contributed by atoms with Gasteiger partial charge in [0.1, 0.15) is 5.82 Å². The number of para-hydroxylation sites is 3. The molecule has 2 N–H and O–H groups in total. The van der Waals surface area contributed by atoms with E-state index in [2.05, 4.69) is 156 Å². The molecule has 1 aliphatic heterocycles. The molecule has 1 aliphatic carbocycles. The number of aromatic nitrogens is 2. The van der Waals surface area contributed by atoms with Gasteiger partial charge in [0, 0.05) is 32.3 Å². The summed E-state index contributed by atoms with van der Waals surface area (Å²) in [5, 5.41) is 0. The Labute approximate surface area is 283 Å². The van der Waals surface area contributed by atoms with E-state index in [1.807, 2.05) is 23.9 Å². The lowest BCUT2D eigenvalue weighted by Gasteiger charge is -2.39. The van der Waals surface area contributed by atoms with Crippen molar-refractivity contribution in [3.8, 4) is 39.3 Å². The van der Waals surface area contributed by atoms with Crippen LogP contribution in [0, 0.1) is 0 Å². The zero-order chi connectivity index (χ0) is 31.8. The zero-order valence-electron chi connectivity index (χ0n) is 26.0. The molecule has 0 amide bonds. The quantitative estimate of drug-likeness (QED) is 0.197. The van der Waals surface area contributed by atoms with Crippen LogP contribution in [0.3, 0.4) is 0 Å². The van der Waals surface area contributed by atoms with Gasteiger partial charge in [-0.3, -0.25) is 4.57 Å². The van der Waals surface area contributed by atoms with Gasteiger partial charge in [-0.05, 0) is 87.5 Å². The Bertz CT molecular complexity index is 2500. The van der Waals surface area contributed by atoms with Gasteiger partial charge in [-0.1, -0.05) is 127 Å². The van der Waals surface area contributed by atoms with E-state index in [0.717, 1.165) is 44.9 Å². The molecule has 0 bridgehead atoms. The monoisotopic (exact) mass is 631 g/mol. The molecule has 1 aromatic heterocycles. The lowest BCUT2D eigenvalue weighted by atomic mass is 9.67. The lowest BCUT2D eigenvalue weighted by Crippen LogP contribution is -2.32. The van der Waals surface area contributed by atoms with Crippen LogP contribution in [0.15, 0.2) is 174 Å². The first-order chi connectivity index (χ1) is 23.7. The summed E-state index contributed by atoms with van der Waals surface area (Å²) >= 11 is 1.86. The van der Waals surface area contributed by atoms with Crippen LogP contribution in [0.25, 0.3) is 50.4 Å².